The Labute approximate surface area is 157 Å². The van der Waals surface area contributed by atoms with Crippen LogP contribution in [0.5, 0.6) is 0 Å². The van der Waals surface area contributed by atoms with Crippen molar-refractivity contribution < 1.29 is 27.1 Å². The van der Waals surface area contributed by atoms with E-state index in [1.54, 1.807) is 12.1 Å². The van der Waals surface area contributed by atoms with Crippen molar-refractivity contribution >= 4 is 21.7 Å². The second kappa shape index (κ2) is 8.30. The maximum atomic E-state index is 13.2. The summed E-state index contributed by atoms with van der Waals surface area (Å²) in [7, 11) is -1.95. The lowest BCUT2D eigenvalue weighted by Crippen LogP contribution is -2.37. The standard InChI is InChI=1S/C19H20FNO5S/c1-13(18(22)21(2)12-14-6-4-8-16(20)10-14)26-19(23)15-7-5-9-17(11-15)27(3,24)25/h4-11,13H,12H2,1-3H3. The van der Waals surface area contributed by atoms with Gasteiger partial charge in [-0.2, -0.15) is 0 Å². The lowest BCUT2D eigenvalue weighted by molar-refractivity contribution is -0.139. The molecule has 1 atom stereocenters. The van der Waals surface area contributed by atoms with Gasteiger partial charge >= 0.3 is 5.97 Å². The molecule has 144 valence electrons. The minimum absolute atomic E-state index is 0.0147. The highest BCUT2D eigenvalue weighted by Crippen LogP contribution is 2.14. The van der Waals surface area contributed by atoms with E-state index in [1.807, 2.05) is 0 Å². The maximum Gasteiger partial charge on any atom is 0.338 e. The van der Waals surface area contributed by atoms with Crippen LogP contribution in [0, 0.1) is 5.82 Å². The number of nitrogens with zero attached hydrogens (tertiary/aromatic N) is 1. The molecule has 6 nitrogen and oxygen atoms in total. The molecule has 0 aliphatic heterocycles. The van der Waals surface area contributed by atoms with Crippen LogP contribution < -0.4 is 0 Å². The average Bonchev–Trinajstić information content (AvgIpc) is 2.60. The molecule has 1 amide bonds. The number of halogens is 1. The molecule has 0 N–H and O–H groups in total. The number of hydrogen-bond donors (Lipinski definition) is 0. The zero-order chi connectivity index (χ0) is 20.2. The van der Waals surface area contributed by atoms with Gasteiger partial charge < -0.3 is 9.64 Å². The van der Waals surface area contributed by atoms with Crippen LogP contribution in [0.3, 0.4) is 0 Å². The van der Waals surface area contributed by atoms with Gasteiger partial charge in [0.05, 0.1) is 10.5 Å². The molecule has 0 heterocycles. The molecule has 0 spiro atoms. The summed E-state index contributed by atoms with van der Waals surface area (Å²) in [6.07, 6.45) is -0.0525. The maximum absolute atomic E-state index is 13.2. The van der Waals surface area contributed by atoms with Crippen LogP contribution in [-0.4, -0.2) is 44.6 Å². The van der Waals surface area contributed by atoms with E-state index in [4.69, 9.17) is 4.74 Å². The first kappa shape index (κ1) is 20.6. The highest BCUT2D eigenvalue weighted by molar-refractivity contribution is 7.90. The SMILES string of the molecule is CC(OC(=O)c1cccc(S(C)(=O)=O)c1)C(=O)N(C)Cc1cccc(F)c1. The third-order valence-corrected chi connectivity index (χ3v) is 4.92. The topological polar surface area (TPSA) is 80.8 Å². The van der Waals surface area contributed by atoms with E-state index >= 15 is 0 Å². The third kappa shape index (κ3) is 5.62. The minimum atomic E-state index is -3.47. The molecule has 2 aromatic rings. The molecule has 2 rings (SSSR count). The Bertz CT molecular complexity index is 958. The summed E-state index contributed by atoms with van der Waals surface area (Å²) in [4.78, 5) is 25.9. The fraction of sp³-hybridized carbons (Fsp3) is 0.263. The second-order valence-electron chi connectivity index (χ2n) is 6.17. The van der Waals surface area contributed by atoms with Crippen molar-refractivity contribution in [1.82, 2.24) is 4.90 Å². The Balaban J connectivity index is 2.04. The molecular weight excluding hydrogens is 373 g/mol. The van der Waals surface area contributed by atoms with Crippen LogP contribution in [0.2, 0.25) is 0 Å². The van der Waals surface area contributed by atoms with Crippen molar-refractivity contribution in [3.05, 3.63) is 65.5 Å². The molecule has 27 heavy (non-hydrogen) atoms. The van der Waals surface area contributed by atoms with Gasteiger partial charge in [-0.1, -0.05) is 18.2 Å². The first-order valence-electron chi connectivity index (χ1n) is 8.08. The second-order valence-corrected chi connectivity index (χ2v) is 8.19. The van der Waals surface area contributed by atoms with Crippen LogP contribution in [0.1, 0.15) is 22.8 Å². The number of carbonyl (C=O) groups excluding carboxylic acids is 2. The summed E-state index contributed by atoms with van der Waals surface area (Å²) in [5, 5.41) is 0. The smallest absolute Gasteiger partial charge is 0.338 e. The normalized spacial score (nSPS) is 12.3. The minimum Gasteiger partial charge on any atom is -0.449 e. The van der Waals surface area contributed by atoms with E-state index in [1.165, 1.54) is 55.3 Å². The zero-order valence-electron chi connectivity index (χ0n) is 15.2. The molecule has 0 fully saturated rings. The molecule has 0 saturated carbocycles. The lowest BCUT2D eigenvalue weighted by Gasteiger charge is -2.21. The summed E-state index contributed by atoms with van der Waals surface area (Å²) in [5.74, 6) is -1.68. The predicted octanol–water partition coefficient (Wildman–Crippen LogP) is 2.43. The van der Waals surface area contributed by atoms with Crippen molar-refractivity contribution in [2.45, 2.75) is 24.5 Å². The fourth-order valence-corrected chi connectivity index (χ4v) is 3.10. The molecular formula is C19H20FNO5S. The summed E-state index contributed by atoms with van der Waals surface area (Å²) in [6.45, 7) is 1.57. The first-order chi connectivity index (χ1) is 12.6. The zero-order valence-corrected chi connectivity index (χ0v) is 16.0. The van der Waals surface area contributed by atoms with Crippen molar-refractivity contribution in [3.63, 3.8) is 0 Å². The monoisotopic (exact) mass is 393 g/mol. The molecule has 0 aliphatic carbocycles. The van der Waals surface area contributed by atoms with E-state index in [-0.39, 0.29) is 17.0 Å². The number of hydrogen-bond acceptors (Lipinski definition) is 5. The largest absolute Gasteiger partial charge is 0.449 e. The molecule has 1 unspecified atom stereocenters. The summed E-state index contributed by atoms with van der Waals surface area (Å²) < 4.78 is 41.6. The number of benzene rings is 2. The van der Waals surface area contributed by atoms with Crippen molar-refractivity contribution in [3.8, 4) is 0 Å². The number of ether oxygens (including phenoxy) is 1. The van der Waals surface area contributed by atoms with E-state index in [0.717, 1.165) is 6.26 Å². The molecule has 0 radical (unpaired) electrons. The van der Waals surface area contributed by atoms with E-state index in [0.29, 0.717) is 5.56 Å². The molecule has 0 aromatic heterocycles. The molecule has 0 saturated heterocycles. The number of likely N-dealkylation sites (N-methyl/N-ethyl adjacent to an activating group) is 1. The lowest BCUT2D eigenvalue weighted by atomic mass is 10.2. The Morgan fingerprint density at radius 1 is 1.15 bits per heavy atom. The Morgan fingerprint density at radius 3 is 2.44 bits per heavy atom. The number of esters is 1. The Hall–Kier alpha value is -2.74. The van der Waals surface area contributed by atoms with E-state index in [2.05, 4.69) is 0 Å². The predicted molar refractivity (Wildman–Crippen MR) is 97.3 cm³/mol. The highest BCUT2D eigenvalue weighted by atomic mass is 32.2. The molecule has 0 aliphatic rings. The highest BCUT2D eigenvalue weighted by Gasteiger charge is 2.23. The fourth-order valence-electron chi connectivity index (χ4n) is 2.43. The summed E-state index contributed by atoms with van der Waals surface area (Å²) in [6, 6.07) is 11.2. The van der Waals surface area contributed by atoms with Gasteiger partial charge in [-0.25, -0.2) is 17.6 Å². The summed E-state index contributed by atoms with van der Waals surface area (Å²) >= 11 is 0. The Morgan fingerprint density at radius 2 is 1.81 bits per heavy atom. The molecule has 0 bridgehead atoms. The Kier molecular flexibility index (Phi) is 6.32. The van der Waals surface area contributed by atoms with Gasteiger partial charge in [0.2, 0.25) is 0 Å². The van der Waals surface area contributed by atoms with Gasteiger partial charge in [0.15, 0.2) is 15.9 Å². The van der Waals surface area contributed by atoms with Gasteiger partial charge in [-0.3, -0.25) is 4.79 Å². The average molecular weight is 393 g/mol. The number of carbonyl (C=O) groups is 2. The first-order valence-corrected chi connectivity index (χ1v) is 9.97. The van der Waals surface area contributed by atoms with Gasteiger partial charge in [0.1, 0.15) is 5.82 Å². The van der Waals surface area contributed by atoms with Crippen LogP contribution in [0.25, 0.3) is 0 Å². The van der Waals surface area contributed by atoms with Crippen molar-refractivity contribution in [2.75, 3.05) is 13.3 Å². The quantitative estimate of drug-likeness (QED) is 0.704. The van der Waals surface area contributed by atoms with Crippen LogP contribution >= 0.6 is 0 Å². The molecule has 8 heteroatoms. The molecule has 2 aromatic carbocycles. The van der Waals surface area contributed by atoms with Crippen LogP contribution in [-0.2, 0) is 25.9 Å². The number of rotatable bonds is 6. The van der Waals surface area contributed by atoms with Gasteiger partial charge in [-0.05, 0) is 42.8 Å². The van der Waals surface area contributed by atoms with Gasteiger partial charge in [-0.15, -0.1) is 0 Å². The van der Waals surface area contributed by atoms with Crippen LogP contribution in [0.15, 0.2) is 53.4 Å². The number of amides is 1. The van der Waals surface area contributed by atoms with Gasteiger partial charge in [0.25, 0.3) is 5.91 Å². The van der Waals surface area contributed by atoms with Crippen molar-refractivity contribution in [1.29, 1.82) is 0 Å². The van der Waals surface area contributed by atoms with Crippen molar-refractivity contribution in [2.24, 2.45) is 0 Å². The van der Waals surface area contributed by atoms with Crippen LogP contribution in [0.4, 0.5) is 4.39 Å². The summed E-state index contributed by atoms with van der Waals surface area (Å²) in [5.41, 5.74) is 0.635. The third-order valence-electron chi connectivity index (χ3n) is 3.81. The van der Waals surface area contributed by atoms with E-state index < -0.39 is 33.6 Å². The number of sulfone groups is 1. The van der Waals surface area contributed by atoms with E-state index in [9.17, 15) is 22.4 Å². The van der Waals surface area contributed by atoms with Gasteiger partial charge in [0, 0.05) is 19.8 Å².